The van der Waals surface area contributed by atoms with Crippen LogP contribution in [0, 0.1) is 11.3 Å². The molecule has 1 N–H and O–H groups in total. The van der Waals surface area contributed by atoms with E-state index in [0.29, 0.717) is 11.5 Å². The van der Waals surface area contributed by atoms with Gasteiger partial charge in [0.05, 0.1) is 0 Å². The molecule has 0 radical (unpaired) electrons. The van der Waals surface area contributed by atoms with Gasteiger partial charge in [-0.05, 0) is 30.6 Å². The monoisotopic (exact) mass is 227 g/mol. The molecule has 0 aliphatic carbocycles. The van der Waals surface area contributed by atoms with Crippen molar-refractivity contribution in [2.75, 3.05) is 6.54 Å². The van der Waals surface area contributed by atoms with Crippen LogP contribution in [0.5, 0.6) is 0 Å². The van der Waals surface area contributed by atoms with Crippen molar-refractivity contribution in [3.63, 3.8) is 0 Å². The third-order valence-electron chi connectivity index (χ3n) is 4.26. The third kappa shape index (κ3) is 5.34. The van der Waals surface area contributed by atoms with E-state index in [-0.39, 0.29) is 0 Å². The molecule has 0 saturated carbocycles. The SMILES string of the molecule is CCC(CC)CC(CC)(CC)CNC(C)C. The summed E-state index contributed by atoms with van der Waals surface area (Å²) in [5.41, 5.74) is 0.529. The summed E-state index contributed by atoms with van der Waals surface area (Å²) >= 11 is 0. The Morgan fingerprint density at radius 1 is 0.938 bits per heavy atom. The number of hydrogen-bond donors (Lipinski definition) is 1. The fourth-order valence-electron chi connectivity index (χ4n) is 2.47. The molecule has 0 aromatic rings. The minimum atomic E-state index is 0.529. The molecule has 1 heteroatoms. The molecule has 1 nitrogen and oxygen atoms in total. The van der Waals surface area contributed by atoms with Crippen LogP contribution >= 0.6 is 0 Å². The zero-order chi connectivity index (χ0) is 12.6. The lowest BCUT2D eigenvalue weighted by Crippen LogP contribution is -2.38. The average molecular weight is 227 g/mol. The highest BCUT2D eigenvalue weighted by molar-refractivity contribution is 4.82. The molecule has 0 aliphatic rings. The molecule has 0 aromatic heterocycles. The van der Waals surface area contributed by atoms with E-state index in [1.54, 1.807) is 0 Å². The lowest BCUT2D eigenvalue weighted by atomic mass is 9.73. The normalized spacial score (nSPS) is 12.8. The largest absolute Gasteiger partial charge is 0.314 e. The van der Waals surface area contributed by atoms with Gasteiger partial charge in [-0.25, -0.2) is 0 Å². The van der Waals surface area contributed by atoms with Gasteiger partial charge in [-0.2, -0.15) is 0 Å². The molecule has 0 bridgehead atoms. The van der Waals surface area contributed by atoms with E-state index in [0.717, 1.165) is 5.92 Å². The van der Waals surface area contributed by atoms with E-state index >= 15 is 0 Å². The van der Waals surface area contributed by atoms with Crippen LogP contribution < -0.4 is 5.32 Å². The molecule has 0 aromatic carbocycles. The van der Waals surface area contributed by atoms with Gasteiger partial charge < -0.3 is 5.32 Å². The van der Waals surface area contributed by atoms with E-state index in [9.17, 15) is 0 Å². The summed E-state index contributed by atoms with van der Waals surface area (Å²) in [5, 5.41) is 3.64. The minimum Gasteiger partial charge on any atom is -0.314 e. The molecule has 0 amide bonds. The van der Waals surface area contributed by atoms with Crippen LogP contribution in [-0.4, -0.2) is 12.6 Å². The van der Waals surface area contributed by atoms with Gasteiger partial charge >= 0.3 is 0 Å². The topological polar surface area (TPSA) is 12.0 Å². The van der Waals surface area contributed by atoms with Gasteiger partial charge in [0.25, 0.3) is 0 Å². The van der Waals surface area contributed by atoms with Gasteiger partial charge in [0.2, 0.25) is 0 Å². The first kappa shape index (κ1) is 16.0. The van der Waals surface area contributed by atoms with Gasteiger partial charge in [-0.15, -0.1) is 0 Å². The summed E-state index contributed by atoms with van der Waals surface area (Å²) in [5.74, 6) is 0.911. The molecule has 0 unspecified atom stereocenters. The maximum atomic E-state index is 3.64. The predicted octanol–water partition coefficient (Wildman–Crippen LogP) is 4.62. The lowest BCUT2D eigenvalue weighted by molar-refractivity contribution is 0.177. The standard InChI is InChI=1S/C15H33N/c1-7-14(8-2)11-15(9-3,10-4)12-16-13(5)6/h13-14,16H,7-12H2,1-6H3. The first-order valence-electron chi connectivity index (χ1n) is 7.26. The molecule has 0 atom stereocenters. The Morgan fingerprint density at radius 2 is 1.44 bits per heavy atom. The van der Waals surface area contributed by atoms with Crippen LogP contribution in [0.25, 0.3) is 0 Å². The lowest BCUT2D eigenvalue weighted by Gasteiger charge is -2.36. The van der Waals surface area contributed by atoms with Crippen LogP contribution in [0.15, 0.2) is 0 Å². The number of nitrogens with one attached hydrogen (secondary N) is 1. The second-order valence-electron chi connectivity index (χ2n) is 5.63. The number of rotatable bonds is 9. The Bertz CT molecular complexity index is 155. The van der Waals surface area contributed by atoms with Crippen molar-refractivity contribution < 1.29 is 0 Å². The third-order valence-corrected chi connectivity index (χ3v) is 4.26. The van der Waals surface area contributed by atoms with Crippen molar-refractivity contribution >= 4 is 0 Å². The van der Waals surface area contributed by atoms with E-state index in [1.165, 1.54) is 38.6 Å². The first-order valence-corrected chi connectivity index (χ1v) is 7.26. The zero-order valence-electron chi connectivity index (χ0n) is 12.4. The van der Waals surface area contributed by atoms with Crippen LogP contribution in [0.4, 0.5) is 0 Å². The average Bonchev–Trinajstić information content (AvgIpc) is 2.30. The highest BCUT2D eigenvalue weighted by atomic mass is 14.9. The van der Waals surface area contributed by atoms with Crippen LogP contribution in [0.1, 0.15) is 73.6 Å². The smallest absolute Gasteiger partial charge is 0.00106 e. The highest BCUT2D eigenvalue weighted by Crippen LogP contribution is 2.35. The van der Waals surface area contributed by atoms with Crippen molar-refractivity contribution in [1.82, 2.24) is 5.32 Å². The van der Waals surface area contributed by atoms with Gasteiger partial charge in [0.1, 0.15) is 0 Å². The summed E-state index contributed by atoms with van der Waals surface area (Å²) in [6.45, 7) is 15.1. The minimum absolute atomic E-state index is 0.529. The van der Waals surface area contributed by atoms with Crippen molar-refractivity contribution in [1.29, 1.82) is 0 Å². The van der Waals surface area contributed by atoms with Gasteiger partial charge in [-0.1, -0.05) is 54.4 Å². The summed E-state index contributed by atoms with van der Waals surface area (Å²) in [6.07, 6.45) is 6.67. The van der Waals surface area contributed by atoms with E-state index in [2.05, 4.69) is 46.9 Å². The molecule has 98 valence electrons. The van der Waals surface area contributed by atoms with Gasteiger partial charge in [-0.3, -0.25) is 0 Å². The molecule has 0 rings (SSSR count). The zero-order valence-corrected chi connectivity index (χ0v) is 12.4. The van der Waals surface area contributed by atoms with Crippen molar-refractivity contribution in [3.8, 4) is 0 Å². The fourth-order valence-corrected chi connectivity index (χ4v) is 2.47. The van der Waals surface area contributed by atoms with Crippen LogP contribution in [0.3, 0.4) is 0 Å². The molecule has 0 heterocycles. The molecule has 16 heavy (non-hydrogen) atoms. The highest BCUT2D eigenvalue weighted by Gasteiger charge is 2.28. The molecule has 0 aliphatic heterocycles. The van der Waals surface area contributed by atoms with Crippen molar-refractivity contribution in [2.24, 2.45) is 11.3 Å². The van der Waals surface area contributed by atoms with E-state index in [4.69, 9.17) is 0 Å². The Balaban J connectivity index is 4.41. The number of hydrogen-bond acceptors (Lipinski definition) is 1. The van der Waals surface area contributed by atoms with Crippen LogP contribution in [0.2, 0.25) is 0 Å². The first-order chi connectivity index (χ1) is 7.53. The molecule has 0 saturated heterocycles. The summed E-state index contributed by atoms with van der Waals surface area (Å²) in [4.78, 5) is 0. The fraction of sp³-hybridized carbons (Fsp3) is 1.00. The van der Waals surface area contributed by atoms with Gasteiger partial charge in [0.15, 0.2) is 0 Å². The Morgan fingerprint density at radius 3 is 1.75 bits per heavy atom. The van der Waals surface area contributed by atoms with E-state index < -0.39 is 0 Å². The van der Waals surface area contributed by atoms with Crippen LogP contribution in [-0.2, 0) is 0 Å². The Hall–Kier alpha value is -0.0400. The van der Waals surface area contributed by atoms with Crippen molar-refractivity contribution in [2.45, 2.75) is 79.7 Å². The quantitative estimate of drug-likeness (QED) is 0.606. The molecule has 0 fully saturated rings. The predicted molar refractivity (Wildman–Crippen MR) is 74.8 cm³/mol. The summed E-state index contributed by atoms with van der Waals surface area (Å²) in [7, 11) is 0. The molecule has 0 spiro atoms. The molecular weight excluding hydrogens is 194 g/mol. The maximum Gasteiger partial charge on any atom is 0.00106 e. The van der Waals surface area contributed by atoms with E-state index in [1.807, 2.05) is 0 Å². The maximum absolute atomic E-state index is 3.64. The Kier molecular flexibility index (Phi) is 8.09. The second-order valence-corrected chi connectivity index (χ2v) is 5.63. The Labute approximate surface area is 103 Å². The van der Waals surface area contributed by atoms with Crippen molar-refractivity contribution in [3.05, 3.63) is 0 Å². The molecular formula is C15H33N. The summed E-state index contributed by atoms with van der Waals surface area (Å²) < 4.78 is 0. The summed E-state index contributed by atoms with van der Waals surface area (Å²) in [6, 6.07) is 0.610. The second kappa shape index (κ2) is 8.11. The van der Waals surface area contributed by atoms with Gasteiger partial charge in [0, 0.05) is 12.6 Å².